The van der Waals surface area contributed by atoms with Crippen molar-refractivity contribution in [2.24, 2.45) is 16.6 Å². The maximum Gasteiger partial charge on any atom is 0.258 e. The molecule has 36 heavy (non-hydrogen) atoms. The van der Waals surface area contributed by atoms with Gasteiger partial charge in [0.25, 0.3) is 5.56 Å². The molecule has 3 aromatic rings. The molecule has 0 saturated heterocycles. The van der Waals surface area contributed by atoms with Gasteiger partial charge in [0.1, 0.15) is 5.84 Å². The van der Waals surface area contributed by atoms with Crippen LogP contribution in [-0.2, 0) is 11.3 Å². The molecule has 0 unspecified atom stereocenters. The van der Waals surface area contributed by atoms with Crippen LogP contribution < -0.4 is 11.3 Å². The SMILES string of the molecule is CCCN(CCC)C(=O)C1=Cc2ccc(-c3ccc4c(=O)n(CC(C)C)ccc4c3)cc2N=C(N)C1. The molecule has 2 N–H and O–H groups in total. The third-order valence-corrected chi connectivity index (χ3v) is 6.42. The lowest BCUT2D eigenvalue weighted by molar-refractivity contribution is -0.127. The summed E-state index contributed by atoms with van der Waals surface area (Å²) < 4.78 is 1.78. The second-order valence-electron chi connectivity index (χ2n) is 9.98. The Hall–Kier alpha value is -3.67. The van der Waals surface area contributed by atoms with Gasteiger partial charge in [-0.05, 0) is 65.6 Å². The van der Waals surface area contributed by atoms with Gasteiger partial charge in [-0.15, -0.1) is 0 Å². The molecular formula is C30H36N4O2. The van der Waals surface area contributed by atoms with Gasteiger partial charge in [0.2, 0.25) is 5.91 Å². The molecule has 4 rings (SSSR count). The molecule has 0 atom stereocenters. The predicted molar refractivity (Wildman–Crippen MR) is 150 cm³/mol. The Bertz CT molecular complexity index is 1390. The van der Waals surface area contributed by atoms with E-state index >= 15 is 0 Å². The van der Waals surface area contributed by atoms with Crippen LogP contribution in [0.1, 0.15) is 52.5 Å². The molecule has 0 bridgehead atoms. The van der Waals surface area contributed by atoms with Crippen LogP contribution in [0.3, 0.4) is 0 Å². The van der Waals surface area contributed by atoms with E-state index < -0.39 is 0 Å². The van der Waals surface area contributed by atoms with Crippen LogP contribution in [0.5, 0.6) is 0 Å². The van der Waals surface area contributed by atoms with E-state index in [-0.39, 0.29) is 11.5 Å². The van der Waals surface area contributed by atoms with Crippen molar-refractivity contribution in [1.29, 1.82) is 0 Å². The largest absolute Gasteiger partial charge is 0.387 e. The Morgan fingerprint density at radius 3 is 2.44 bits per heavy atom. The minimum atomic E-state index is 0.0337. The van der Waals surface area contributed by atoms with E-state index in [1.807, 2.05) is 59.6 Å². The Morgan fingerprint density at radius 2 is 1.75 bits per heavy atom. The first-order valence-electron chi connectivity index (χ1n) is 12.9. The minimum absolute atomic E-state index is 0.0337. The third kappa shape index (κ3) is 5.43. The number of carbonyl (C=O) groups is 1. The van der Waals surface area contributed by atoms with E-state index in [2.05, 4.69) is 32.7 Å². The topological polar surface area (TPSA) is 80.7 Å². The Kier molecular flexibility index (Phi) is 7.73. The van der Waals surface area contributed by atoms with Gasteiger partial charge >= 0.3 is 0 Å². The zero-order valence-electron chi connectivity index (χ0n) is 21.8. The molecule has 2 heterocycles. The number of aromatic nitrogens is 1. The highest BCUT2D eigenvalue weighted by Gasteiger charge is 2.21. The maximum atomic E-state index is 13.2. The standard InChI is InChI=1S/C30H36N4O2/c1-5-12-33(13-6-2)29(35)25-16-24-8-7-22(17-27(24)32-28(31)18-25)21-9-10-26-23(15-21)11-14-34(30(26)36)19-20(3)4/h7-11,14-17,20H,5-6,12-13,18-19H2,1-4H3,(H2,31,32). The first-order valence-corrected chi connectivity index (χ1v) is 12.9. The quantitative estimate of drug-likeness (QED) is 0.442. The van der Waals surface area contributed by atoms with Crippen molar-refractivity contribution in [2.45, 2.75) is 53.5 Å². The number of fused-ring (bicyclic) bond motifs is 2. The summed E-state index contributed by atoms with van der Waals surface area (Å²) in [4.78, 5) is 32.7. The second kappa shape index (κ2) is 10.9. The normalized spacial score (nSPS) is 13.2. The number of hydrogen-bond acceptors (Lipinski definition) is 4. The van der Waals surface area contributed by atoms with Crippen LogP contribution in [0, 0.1) is 5.92 Å². The summed E-state index contributed by atoms with van der Waals surface area (Å²) in [6.07, 6.45) is 5.98. The summed E-state index contributed by atoms with van der Waals surface area (Å²) in [5.41, 5.74) is 10.6. The Balaban J connectivity index is 1.69. The Morgan fingerprint density at radius 1 is 1.06 bits per heavy atom. The van der Waals surface area contributed by atoms with Gasteiger partial charge in [0.15, 0.2) is 0 Å². The third-order valence-electron chi connectivity index (χ3n) is 6.42. The highest BCUT2D eigenvalue weighted by Crippen LogP contribution is 2.33. The number of aliphatic imine (C=N–C) groups is 1. The van der Waals surface area contributed by atoms with Crippen molar-refractivity contribution < 1.29 is 4.79 Å². The molecule has 6 heteroatoms. The van der Waals surface area contributed by atoms with Gasteiger partial charge < -0.3 is 15.2 Å². The number of nitrogens with zero attached hydrogens (tertiary/aromatic N) is 3. The number of carbonyl (C=O) groups excluding carboxylic acids is 1. The van der Waals surface area contributed by atoms with Crippen molar-refractivity contribution in [2.75, 3.05) is 13.1 Å². The summed E-state index contributed by atoms with van der Waals surface area (Å²) in [5, 5.41) is 1.63. The van der Waals surface area contributed by atoms with Crippen LogP contribution in [0.2, 0.25) is 0 Å². The van der Waals surface area contributed by atoms with Crippen molar-refractivity contribution in [3.8, 4) is 11.1 Å². The van der Waals surface area contributed by atoms with Gasteiger partial charge in [0, 0.05) is 48.8 Å². The Labute approximate surface area is 213 Å². The first kappa shape index (κ1) is 25.4. The van der Waals surface area contributed by atoms with E-state index in [0.29, 0.717) is 35.7 Å². The fraction of sp³-hybridized carbons (Fsp3) is 0.367. The molecule has 0 spiro atoms. The van der Waals surface area contributed by atoms with Crippen LogP contribution in [0.25, 0.3) is 28.0 Å². The zero-order valence-corrected chi connectivity index (χ0v) is 21.8. The van der Waals surface area contributed by atoms with Crippen LogP contribution in [0.15, 0.2) is 64.0 Å². The number of benzene rings is 2. The van der Waals surface area contributed by atoms with Gasteiger partial charge in [-0.25, -0.2) is 4.99 Å². The molecule has 0 aliphatic carbocycles. The fourth-order valence-electron chi connectivity index (χ4n) is 4.77. The number of rotatable bonds is 8. The monoisotopic (exact) mass is 484 g/mol. The van der Waals surface area contributed by atoms with Gasteiger partial charge in [-0.3, -0.25) is 9.59 Å². The van der Waals surface area contributed by atoms with Gasteiger partial charge in [-0.1, -0.05) is 45.9 Å². The molecular weight excluding hydrogens is 448 g/mol. The molecule has 1 aromatic heterocycles. The summed E-state index contributed by atoms with van der Waals surface area (Å²) >= 11 is 0. The highest BCUT2D eigenvalue weighted by atomic mass is 16.2. The molecule has 1 aliphatic heterocycles. The smallest absolute Gasteiger partial charge is 0.258 e. The zero-order chi connectivity index (χ0) is 25.8. The van der Waals surface area contributed by atoms with E-state index in [1.54, 1.807) is 4.57 Å². The minimum Gasteiger partial charge on any atom is -0.387 e. The number of hydrogen-bond donors (Lipinski definition) is 1. The second-order valence-corrected chi connectivity index (χ2v) is 9.98. The van der Waals surface area contributed by atoms with E-state index in [9.17, 15) is 9.59 Å². The molecule has 2 aromatic carbocycles. The summed E-state index contributed by atoms with van der Waals surface area (Å²) in [6.45, 7) is 10.5. The summed E-state index contributed by atoms with van der Waals surface area (Å²) in [6, 6.07) is 14.0. The molecule has 1 aliphatic rings. The highest BCUT2D eigenvalue weighted by molar-refractivity contribution is 6.05. The molecule has 1 amide bonds. The fourth-order valence-corrected chi connectivity index (χ4v) is 4.77. The first-order chi connectivity index (χ1) is 17.3. The lowest BCUT2D eigenvalue weighted by atomic mass is 9.99. The van der Waals surface area contributed by atoms with E-state index in [1.165, 1.54) is 0 Å². The van der Waals surface area contributed by atoms with Crippen molar-refractivity contribution in [3.63, 3.8) is 0 Å². The maximum absolute atomic E-state index is 13.2. The van der Waals surface area contributed by atoms with Gasteiger partial charge in [-0.2, -0.15) is 0 Å². The van der Waals surface area contributed by atoms with Crippen LogP contribution in [-0.4, -0.2) is 34.3 Å². The van der Waals surface area contributed by atoms with Crippen molar-refractivity contribution >= 4 is 34.3 Å². The average Bonchev–Trinajstić information content (AvgIpc) is 3.02. The molecule has 188 valence electrons. The lowest BCUT2D eigenvalue weighted by Gasteiger charge is -2.22. The van der Waals surface area contributed by atoms with Crippen molar-refractivity contribution in [3.05, 3.63) is 70.2 Å². The molecule has 6 nitrogen and oxygen atoms in total. The molecule has 0 fully saturated rings. The van der Waals surface area contributed by atoms with Crippen molar-refractivity contribution in [1.82, 2.24) is 9.47 Å². The summed E-state index contributed by atoms with van der Waals surface area (Å²) in [5.74, 6) is 0.868. The number of amides is 1. The number of pyridine rings is 1. The predicted octanol–water partition coefficient (Wildman–Crippen LogP) is 5.75. The van der Waals surface area contributed by atoms with E-state index in [4.69, 9.17) is 5.73 Å². The van der Waals surface area contributed by atoms with Gasteiger partial charge in [0.05, 0.1) is 5.69 Å². The molecule has 0 saturated carbocycles. The number of amidine groups is 1. The lowest BCUT2D eigenvalue weighted by Crippen LogP contribution is -2.34. The molecule has 0 radical (unpaired) electrons. The number of nitrogens with two attached hydrogens (primary N) is 1. The van der Waals surface area contributed by atoms with E-state index in [0.717, 1.165) is 53.7 Å². The van der Waals surface area contributed by atoms with Crippen LogP contribution >= 0.6 is 0 Å². The average molecular weight is 485 g/mol. The van der Waals surface area contributed by atoms with Crippen LogP contribution in [0.4, 0.5) is 5.69 Å². The summed E-state index contributed by atoms with van der Waals surface area (Å²) in [7, 11) is 0.